The molecule has 2 aliphatic carbocycles. The lowest BCUT2D eigenvalue weighted by Gasteiger charge is -2.04. The van der Waals surface area contributed by atoms with Crippen LogP contribution in [-0.4, -0.2) is 5.78 Å². The van der Waals surface area contributed by atoms with Crippen molar-refractivity contribution >= 4 is 21.7 Å². The summed E-state index contributed by atoms with van der Waals surface area (Å²) in [5.41, 5.74) is 0.646. The van der Waals surface area contributed by atoms with E-state index in [1.807, 2.05) is 0 Å². The Morgan fingerprint density at radius 2 is 2.00 bits per heavy atom. The summed E-state index contributed by atoms with van der Waals surface area (Å²) in [5.74, 6) is 1.36. The van der Waals surface area contributed by atoms with Gasteiger partial charge in [-0.2, -0.15) is 0 Å². The van der Waals surface area contributed by atoms with Crippen molar-refractivity contribution in [3.63, 3.8) is 0 Å². The highest BCUT2D eigenvalue weighted by Gasteiger charge is 2.56. The lowest BCUT2D eigenvalue weighted by molar-refractivity contribution is 0.0951. The molecule has 0 N–H and O–H groups in total. The summed E-state index contributed by atoms with van der Waals surface area (Å²) in [4.78, 5) is 12.1. The number of Topliss-reactive ketones (excluding diaryl/α,β-unsaturated/α-hetero) is 1. The first-order valence-electron chi connectivity index (χ1n) is 5.68. The van der Waals surface area contributed by atoms with Gasteiger partial charge in [-0.1, -0.05) is 6.42 Å². The molecule has 0 spiro atoms. The minimum atomic E-state index is -0.312. The van der Waals surface area contributed by atoms with E-state index in [1.165, 1.54) is 25.3 Å². The number of benzene rings is 1. The number of carbonyl (C=O) groups excluding carboxylic acids is 1. The molecule has 2 fully saturated rings. The monoisotopic (exact) mass is 282 g/mol. The molecular formula is C13H12BrFO. The summed E-state index contributed by atoms with van der Waals surface area (Å²) in [5, 5.41) is 0. The van der Waals surface area contributed by atoms with E-state index in [9.17, 15) is 9.18 Å². The van der Waals surface area contributed by atoms with Crippen LogP contribution in [0.1, 0.15) is 29.6 Å². The second-order valence-corrected chi connectivity index (χ2v) is 5.63. The fraction of sp³-hybridized carbons (Fsp3) is 0.462. The first-order valence-corrected chi connectivity index (χ1v) is 6.47. The van der Waals surface area contributed by atoms with E-state index < -0.39 is 0 Å². The van der Waals surface area contributed by atoms with Crippen molar-refractivity contribution in [2.24, 2.45) is 17.8 Å². The molecule has 3 rings (SSSR count). The molecule has 2 saturated carbocycles. The molecule has 0 aromatic heterocycles. The largest absolute Gasteiger partial charge is 0.294 e. The van der Waals surface area contributed by atoms with Gasteiger partial charge in [0, 0.05) is 11.5 Å². The number of carbonyl (C=O) groups is 1. The van der Waals surface area contributed by atoms with Crippen molar-refractivity contribution in [1.29, 1.82) is 0 Å². The smallest absolute Gasteiger partial charge is 0.166 e. The third kappa shape index (κ3) is 1.53. The SMILES string of the molecule is O=C(c1ccc(F)c(Br)c1)C1C2CCCC21. The zero-order valence-electron chi connectivity index (χ0n) is 8.75. The van der Waals surface area contributed by atoms with Crippen molar-refractivity contribution < 1.29 is 9.18 Å². The van der Waals surface area contributed by atoms with Crippen LogP contribution in [0.3, 0.4) is 0 Å². The molecule has 1 aromatic carbocycles. The van der Waals surface area contributed by atoms with Gasteiger partial charge in [-0.25, -0.2) is 4.39 Å². The van der Waals surface area contributed by atoms with Crippen LogP contribution >= 0.6 is 15.9 Å². The maximum absolute atomic E-state index is 13.1. The van der Waals surface area contributed by atoms with Crippen LogP contribution in [0.4, 0.5) is 4.39 Å². The lowest BCUT2D eigenvalue weighted by atomic mass is 10.0. The Bertz CT molecular complexity index is 447. The first-order chi connectivity index (χ1) is 7.68. The fourth-order valence-electron chi connectivity index (χ4n) is 3.05. The molecule has 2 aliphatic rings. The van der Waals surface area contributed by atoms with Crippen molar-refractivity contribution in [1.82, 2.24) is 0 Å². The Morgan fingerprint density at radius 1 is 1.31 bits per heavy atom. The number of ketones is 1. The molecule has 0 aliphatic heterocycles. The Labute approximate surface area is 102 Å². The van der Waals surface area contributed by atoms with Gasteiger partial charge in [-0.3, -0.25) is 4.79 Å². The number of hydrogen-bond acceptors (Lipinski definition) is 1. The molecule has 1 aromatic rings. The Balaban J connectivity index is 1.82. The minimum Gasteiger partial charge on any atom is -0.294 e. The van der Waals surface area contributed by atoms with E-state index in [1.54, 1.807) is 12.1 Å². The van der Waals surface area contributed by atoms with Gasteiger partial charge in [0.05, 0.1) is 4.47 Å². The van der Waals surface area contributed by atoms with Gasteiger partial charge < -0.3 is 0 Å². The van der Waals surface area contributed by atoms with E-state index in [4.69, 9.17) is 0 Å². The molecular weight excluding hydrogens is 271 g/mol. The third-order valence-electron chi connectivity index (χ3n) is 3.91. The van der Waals surface area contributed by atoms with E-state index in [0.717, 1.165) is 0 Å². The summed E-state index contributed by atoms with van der Waals surface area (Å²) in [6.45, 7) is 0. The van der Waals surface area contributed by atoms with Crippen molar-refractivity contribution in [3.05, 3.63) is 34.1 Å². The van der Waals surface area contributed by atoms with E-state index in [-0.39, 0.29) is 17.5 Å². The molecule has 0 bridgehead atoms. The summed E-state index contributed by atoms with van der Waals surface area (Å²) < 4.78 is 13.4. The molecule has 1 nitrogen and oxygen atoms in total. The maximum Gasteiger partial charge on any atom is 0.166 e. The minimum absolute atomic E-state index is 0.204. The molecule has 0 heterocycles. The second-order valence-electron chi connectivity index (χ2n) is 4.78. The summed E-state index contributed by atoms with van der Waals surface area (Å²) in [6.07, 6.45) is 3.67. The van der Waals surface area contributed by atoms with Gasteiger partial charge in [0.25, 0.3) is 0 Å². The molecule has 2 unspecified atom stereocenters. The standard InChI is InChI=1S/C13H12BrFO/c14-10-6-7(4-5-11(10)15)13(16)12-8-2-1-3-9(8)12/h4-6,8-9,12H,1-3H2. The number of fused-ring (bicyclic) bond motifs is 1. The number of rotatable bonds is 2. The van der Waals surface area contributed by atoms with Gasteiger partial charge in [0.1, 0.15) is 5.82 Å². The predicted octanol–water partition coefficient (Wildman–Crippen LogP) is 3.82. The van der Waals surface area contributed by atoms with E-state index in [0.29, 0.717) is 21.9 Å². The van der Waals surface area contributed by atoms with Gasteiger partial charge in [0.15, 0.2) is 5.78 Å². The highest BCUT2D eigenvalue weighted by molar-refractivity contribution is 9.10. The van der Waals surface area contributed by atoms with Crippen molar-refractivity contribution in [2.75, 3.05) is 0 Å². The van der Waals surface area contributed by atoms with Crippen LogP contribution in [0, 0.1) is 23.6 Å². The Kier molecular flexibility index (Phi) is 2.39. The molecule has 0 radical (unpaired) electrons. The van der Waals surface area contributed by atoms with Crippen molar-refractivity contribution in [3.8, 4) is 0 Å². The molecule has 0 amide bonds. The average Bonchev–Trinajstić information content (AvgIpc) is 2.74. The van der Waals surface area contributed by atoms with Crippen LogP contribution in [0.2, 0.25) is 0 Å². The molecule has 2 atom stereocenters. The second kappa shape index (κ2) is 3.66. The quantitative estimate of drug-likeness (QED) is 0.754. The van der Waals surface area contributed by atoms with Crippen LogP contribution in [0.25, 0.3) is 0 Å². The molecule has 84 valence electrons. The summed E-state index contributed by atoms with van der Waals surface area (Å²) >= 11 is 3.12. The molecule has 16 heavy (non-hydrogen) atoms. The van der Waals surface area contributed by atoms with Crippen molar-refractivity contribution in [2.45, 2.75) is 19.3 Å². The lowest BCUT2D eigenvalue weighted by Crippen LogP contribution is -2.06. The zero-order chi connectivity index (χ0) is 11.3. The van der Waals surface area contributed by atoms with Gasteiger partial charge >= 0.3 is 0 Å². The average molecular weight is 283 g/mol. The Hall–Kier alpha value is -0.700. The highest BCUT2D eigenvalue weighted by Crippen LogP contribution is 2.58. The number of halogens is 2. The molecule has 0 saturated heterocycles. The zero-order valence-corrected chi connectivity index (χ0v) is 10.3. The van der Waals surface area contributed by atoms with Crippen LogP contribution in [0.5, 0.6) is 0 Å². The summed E-state index contributed by atoms with van der Waals surface area (Å²) in [6, 6.07) is 4.55. The van der Waals surface area contributed by atoms with E-state index >= 15 is 0 Å². The fourth-order valence-corrected chi connectivity index (χ4v) is 3.43. The topological polar surface area (TPSA) is 17.1 Å². The molecule has 3 heteroatoms. The first kappa shape index (κ1) is 10.5. The normalized spacial score (nSPS) is 31.2. The highest BCUT2D eigenvalue weighted by atomic mass is 79.9. The van der Waals surface area contributed by atoms with Crippen LogP contribution in [0.15, 0.2) is 22.7 Å². The van der Waals surface area contributed by atoms with Crippen LogP contribution < -0.4 is 0 Å². The summed E-state index contributed by atoms with van der Waals surface area (Å²) in [7, 11) is 0. The van der Waals surface area contributed by atoms with Gasteiger partial charge in [-0.15, -0.1) is 0 Å². The predicted molar refractivity (Wildman–Crippen MR) is 62.8 cm³/mol. The third-order valence-corrected chi connectivity index (χ3v) is 4.52. The van der Waals surface area contributed by atoms with E-state index in [2.05, 4.69) is 15.9 Å². The van der Waals surface area contributed by atoms with Gasteiger partial charge in [0.2, 0.25) is 0 Å². The number of hydrogen-bond donors (Lipinski definition) is 0. The van der Waals surface area contributed by atoms with Gasteiger partial charge in [-0.05, 0) is 58.8 Å². The maximum atomic E-state index is 13.1. The Morgan fingerprint density at radius 3 is 2.62 bits per heavy atom. The van der Waals surface area contributed by atoms with Crippen LogP contribution in [-0.2, 0) is 0 Å².